The summed E-state index contributed by atoms with van der Waals surface area (Å²) in [5.74, 6) is -8.55. The van der Waals surface area contributed by atoms with Crippen LogP contribution < -0.4 is 9.47 Å². The van der Waals surface area contributed by atoms with Gasteiger partial charge in [0.15, 0.2) is 0 Å². The van der Waals surface area contributed by atoms with E-state index in [1.54, 1.807) is 0 Å². The first-order chi connectivity index (χ1) is 15.6. The lowest BCUT2D eigenvalue weighted by atomic mass is 10.1. The minimum atomic E-state index is -4.90. The smallest absolute Gasteiger partial charge is 0.416 e. The topological polar surface area (TPSA) is 127 Å². The second kappa shape index (κ2) is 9.64. The molecule has 2 rings (SSSR count). The van der Waals surface area contributed by atoms with Gasteiger partial charge in [-0.25, -0.2) is 19.2 Å². The van der Waals surface area contributed by atoms with E-state index in [-0.39, 0.29) is 24.3 Å². The number of hydrogen-bond donors (Lipinski definition) is 2. The van der Waals surface area contributed by atoms with E-state index in [2.05, 4.69) is 9.47 Å². The average Bonchev–Trinajstić information content (AvgIpc) is 2.70. The van der Waals surface area contributed by atoms with Crippen LogP contribution in [0.15, 0.2) is 48.6 Å². The molecule has 8 nitrogen and oxygen atoms in total. The first-order valence-corrected chi connectivity index (χ1v) is 8.60. The van der Waals surface area contributed by atoms with Gasteiger partial charge in [0, 0.05) is 12.2 Å². The lowest BCUT2D eigenvalue weighted by molar-refractivity contribution is -0.138. The normalized spacial score (nSPS) is 11.8. The van der Waals surface area contributed by atoms with Crippen molar-refractivity contribution in [3.63, 3.8) is 0 Å². The van der Waals surface area contributed by atoms with Crippen LogP contribution in [0.2, 0.25) is 0 Å². The second-order valence-corrected chi connectivity index (χ2v) is 6.20. The number of carbonyl (C=O) groups is 4. The number of halogens is 6. The fourth-order valence-electron chi connectivity index (χ4n) is 2.34. The molecule has 0 saturated carbocycles. The first kappa shape index (κ1) is 25.9. The van der Waals surface area contributed by atoms with Crippen LogP contribution in [0.25, 0.3) is 0 Å². The highest BCUT2D eigenvalue weighted by molar-refractivity contribution is 5.97. The predicted molar refractivity (Wildman–Crippen MR) is 97.2 cm³/mol. The van der Waals surface area contributed by atoms with Crippen LogP contribution in [-0.4, -0.2) is 34.1 Å². The van der Waals surface area contributed by atoms with Crippen molar-refractivity contribution < 1.29 is 65.2 Å². The maximum absolute atomic E-state index is 12.8. The van der Waals surface area contributed by atoms with Gasteiger partial charge < -0.3 is 19.7 Å². The molecule has 0 aliphatic carbocycles. The molecular formula is C20H10F6O8. The summed E-state index contributed by atoms with van der Waals surface area (Å²) in [5, 5.41) is 18.0. The van der Waals surface area contributed by atoms with Gasteiger partial charge in [0.2, 0.25) is 0 Å². The van der Waals surface area contributed by atoms with Crippen LogP contribution in [-0.2, 0) is 21.9 Å². The quantitative estimate of drug-likeness (QED) is 0.266. The molecule has 0 atom stereocenters. The summed E-state index contributed by atoms with van der Waals surface area (Å²) in [4.78, 5) is 45.9. The van der Waals surface area contributed by atoms with Gasteiger partial charge in [0.05, 0.1) is 11.1 Å². The lowest BCUT2D eigenvalue weighted by Crippen LogP contribution is -2.14. The number of rotatable bonds is 6. The molecule has 0 aliphatic rings. The molecule has 2 N–H and O–H groups in total. The molecule has 0 aliphatic heterocycles. The zero-order valence-corrected chi connectivity index (χ0v) is 16.2. The number of hydrogen-bond acceptors (Lipinski definition) is 6. The van der Waals surface area contributed by atoms with Gasteiger partial charge in [-0.05, 0) is 36.4 Å². The maximum Gasteiger partial charge on any atom is 0.416 e. The van der Waals surface area contributed by atoms with Crippen LogP contribution in [0.5, 0.6) is 11.5 Å². The van der Waals surface area contributed by atoms with Gasteiger partial charge in [0.25, 0.3) is 0 Å². The van der Waals surface area contributed by atoms with Gasteiger partial charge in [0.1, 0.15) is 22.6 Å². The molecule has 0 fully saturated rings. The second-order valence-electron chi connectivity index (χ2n) is 6.20. The minimum Gasteiger partial charge on any atom is -0.478 e. The Morgan fingerprint density at radius 1 is 0.647 bits per heavy atom. The Hall–Kier alpha value is -4.36. The van der Waals surface area contributed by atoms with E-state index in [9.17, 15) is 45.5 Å². The first-order valence-electron chi connectivity index (χ1n) is 8.60. The highest BCUT2D eigenvalue weighted by atomic mass is 19.4. The SMILES string of the molecule is O=C(C=CC(=O)Oc1cc(C(F)(F)F)ccc1C(=O)O)Oc1cc(C(F)(F)F)ccc1C(=O)O. The Kier molecular flexibility index (Phi) is 7.34. The number of alkyl halides is 6. The van der Waals surface area contributed by atoms with Crippen LogP contribution in [0.4, 0.5) is 26.3 Å². The van der Waals surface area contributed by atoms with E-state index in [1.165, 1.54) is 0 Å². The maximum atomic E-state index is 12.8. The van der Waals surface area contributed by atoms with Gasteiger partial charge in [-0.15, -0.1) is 0 Å². The van der Waals surface area contributed by atoms with Crippen molar-refractivity contribution in [3.8, 4) is 11.5 Å². The summed E-state index contributed by atoms with van der Waals surface area (Å²) in [5.41, 5.74) is -4.30. The van der Waals surface area contributed by atoms with Crippen LogP contribution in [0, 0.1) is 0 Å². The van der Waals surface area contributed by atoms with E-state index >= 15 is 0 Å². The van der Waals surface area contributed by atoms with Crippen molar-refractivity contribution in [2.45, 2.75) is 12.4 Å². The van der Waals surface area contributed by atoms with Crippen molar-refractivity contribution >= 4 is 23.9 Å². The molecule has 14 heteroatoms. The standard InChI is InChI=1S/C20H10F6O8/c21-19(22,23)9-1-3-11(17(29)30)13(7-9)33-15(27)5-6-16(28)34-14-8-10(20(24,25)26)2-4-12(14)18(31)32/h1-8H,(H,29,30)(H,31,32). The van der Waals surface area contributed by atoms with Gasteiger partial charge >= 0.3 is 36.2 Å². The molecule has 0 amide bonds. The summed E-state index contributed by atoms with van der Waals surface area (Å²) >= 11 is 0. The number of ether oxygens (including phenoxy) is 2. The summed E-state index contributed by atoms with van der Waals surface area (Å²) < 4.78 is 85.9. The highest BCUT2D eigenvalue weighted by Gasteiger charge is 2.33. The Balaban J connectivity index is 2.23. The largest absolute Gasteiger partial charge is 0.478 e. The summed E-state index contributed by atoms with van der Waals surface area (Å²) in [7, 11) is 0. The number of aromatic carboxylic acids is 2. The molecular weight excluding hydrogens is 482 g/mol. The number of carbonyl (C=O) groups excluding carboxylic acids is 2. The van der Waals surface area contributed by atoms with Crippen LogP contribution in [0.3, 0.4) is 0 Å². The molecule has 0 saturated heterocycles. The van der Waals surface area contributed by atoms with Crippen molar-refractivity contribution in [1.82, 2.24) is 0 Å². The van der Waals surface area contributed by atoms with Crippen LogP contribution in [0.1, 0.15) is 31.8 Å². The fraction of sp³-hybridized carbons (Fsp3) is 0.100. The third-order valence-electron chi connectivity index (χ3n) is 3.86. The van der Waals surface area contributed by atoms with Crippen molar-refractivity contribution in [1.29, 1.82) is 0 Å². The Morgan fingerprint density at radius 3 is 1.24 bits per heavy atom. The number of carboxylic acids is 2. The molecule has 0 heterocycles. The molecule has 34 heavy (non-hydrogen) atoms. The third-order valence-corrected chi connectivity index (χ3v) is 3.86. The average molecular weight is 492 g/mol. The fourth-order valence-corrected chi connectivity index (χ4v) is 2.34. The third kappa shape index (κ3) is 6.57. The summed E-state index contributed by atoms with van der Waals surface area (Å²) in [6.07, 6.45) is -9.24. The van der Waals surface area contributed by atoms with E-state index in [4.69, 9.17) is 10.2 Å². The van der Waals surface area contributed by atoms with E-state index in [1.807, 2.05) is 0 Å². The molecule has 0 unspecified atom stereocenters. The molecule has 2 aromatic carbocycles. The Morgan fingerprint density at radius 2 is 0.971 bits per heavy atom. The zero-order chi connectivity index (χ0) is 25.8. The minimum absolute atomic E-state index is 0.231. The monoisotopic (exact) mass is 492 g/mol. The summed E-state index contributed by atoms with van der Waals surface area (Å²) in [6.45, 7) is 0. The molecule has 180 valence electrons. The molecule has 0 radical (unpaired) electrons. The van der Waals surface area contributed by atoms with E-state index in [0.29, 0.717) is 24.3 Å². The molecule has 0 spiro atoms. The van der Waals surface area contributed by atoms with Crippen molar-refractivity contribution in [2.24, 2.45) is 0 Å². The molecule has 0 bridgehead atoms. The van der Waals surface area contributed by atoms with Crippen molar-refractivity contribution in [2.75, 3.05) is 0 Å². The van der Waals surface area contributed by atoms with Gasteiger partial charge in [-0.2, -0.15) is 26.3 Å². The van der Waals surface area contributed by atoms with Crippen LogP contribution >= 0.6 is 0 Å². The van der Waals surface area contributed by atoms with E-state index < -0.39 is 70.0 Å². The zero-order valence-electron chi connectivity index (χ0n) is 16.2. The Labute approximate surface area is 184 Å². The van der Waals surface area contributed by atoms with Crippen molar-refractivity contribution in [3.05, 3.63) is 70.8 Å². The predicted octanol–water partition coefficient (Wildman–Crippen LogP) is 4.19. The molecule has 0 aromatic heterocycles. The highest BCUT2D eigenvalue weighted by Crippen LogP contribution is 2.34. The van der Waals surface area contributed by atoms with E-state index in [0.717, 1.165) is 0 Å². The molecule has 2 aromatic rings. The number of carboxylic acid groups (broad SMARTS) is 2. The summed E-state index contributed by atoms with van der Waals surface area (Å²) in [6, 6.07) is 2.40. The Bertz CT molecular complexity index is 1090. The number of esters is 2. The number of benzene rings is 2. The van der Waals surface area contributed by atoms with Gasteiger partial charge in [-0.3, -0.25) is 0 Å². The lowest BCUT2D eigenvalue weighted by Gasteiger charge is -2.11. The van der Waals surface area contributed by atoms with Gasteiger partial charge in [-0.1, -0.05) is 0 Å².